The van der Waals surface area contributed by atoms with Gasteiger partial charge in [0, 0.05) is 29.2 Å². The Morgan fingerprint density at radius 3 is 2.89 bits per heavy atom. The quantitative estimate of drug-likeness (QED) is 0.779. The molecule has 0 saturated heterocycles. The molecule has 0 aliphatic heterocycles. The number of fused-ring (bicyclic) bond motifs is 1. The van der Waals surface area contributed by atoms with Crippen molar-refractivity contribution in [3.05, 3.63) is 69.4 Å². The number of hydrogen-bond acceptors (Lipinski definition) is 3. The van der Waals surface area contributed by atoms with E-state index >= 15 is 0 Å². The molecule has 0 atom stereocenters. The lowest BCUT2D eigenvalue weighted by molar-refractivity contribution is 0.931. The Balaban J connectivity index is 2.16. The number of benzene rings is 1. The smallest absolute Gasteiger partial charge is 0.267 e. The molecule has 3 aromatic rings. The number of halogens is 1. The summed E-state index contributed by atoms with van der Waals surface area (Å²) in [4.78, 5) is 15.8. The van der Waals surface area contributed by atoms with Crippen molar-refractivity contribution in [2.24, 2.45) is 0 Å². The number of pyridine rings is 1. The maximum absolute atomic E-state index is 11.7. The van der Waals surface area contributed by atoms with Gasteiger partial charge in [-0.05, 0) is 29.8 Å². The Morgan fingerprint density at radius 1 is 1.21 bits per heavy atom. The minimum Gasteiger partial charge on any atom is -0.267 e. The number of aromatic nitrogens is 3. The normalized spacial score (nSPS) is 10.8. The molecular weight excluding hydrogens is 262 g/mol. The van der Waals surface area contributed by atoms with Crippen molar-refractivity contribution in [2.75, 3.05) is 0 Å². The summed E-state index contributed by atoms with van der Waals surface area (Å²) in [6, 6.07) is 9.02. The lowest BCUT2D eigenvalue weighted by Crippen LogP contribution is -2.11. The van der Waals surface area contributed by atoms with Crippen LogP contribution in [0.5, 0.6) is 0 Å². The molecule has 3 rings (SSSR count). The SMILES string of the molecule is O=c1[nH]nc(Cc2cccnc2)c2cc(Cl)ccc12. The summed E-state index contributed by atoms with van der Waals surface area (Å²) in [7, 11) is 0. The van der Waals surface area contributed by atoms with Gasteiger partial charge in [-0.3, -0.25) is 9.78 Å². The van der Waals surface area contributed by atoms with E-state index in [9.17, 15) is 4.79 Å². The minimum atomic E-state index is -0.207. The number of aromatic amines is 1. The average molecular weight is 272 g/mol. The van der Waals surface area contributed by atoms with Gasteiger partial charge in [0.05, 0.1) is 11.1 Å². The molecule has 4 nitrogen and oxygen atoms in total. The fourth-order valence-corrected chi connectivity index (χ4v) is 2.19. The predicted octanol–water partition coefficient (Wildman–Crippen LogP) is 2.56. The van der Waals surface area contributed by atoms with E-state index < -0.39 is 0 Å². The van der Waals surface area contributed by atoms with Gasteiger partial charge in [0.2, 0.25) is 0 Å². The topological polar surface area (TPSA) is 58.6 Å². The van der Waals surface area contributed by atoms with Crippen molar-refractivity contribution >= 4 is 22.4 Å². The van der Waals surface area contributed by atoms with Crippen LogP contribution in [0.2, 0.25) is 5.02 Å². The summed E-state index contributed by atoms with van der Waals surface area (Å²) >= 11 is 5.99. The molecule has 1 N–H and O–H groups in total. The molecule has 0 bridgehead atoms. The van der Waals surface area contributed by atoms with Crippen LogP contribution < -0.4 is 5.56 Å². The van der Waals surface area contributed by atoms with Gasteiger partial charge in [0.15, 0.2) is 0 Å². The number of H-pyrrole nitrogens is 1. The third-order valence-corrected chi connectivity index (χ3v) is 3.16. The van der Waals surface area contributed by atoms with Crippen molar-refractivity contribution in [3.8, 4) is 0 Å². The standard InChI is InChI=1S/C14H10ClN3O/c15-10-3-4-11-12(7-10)13(17-18-14(11)19)6-9-2-1-5-16-8-9/h1-5,7-8H,6H2,(H,18,19). The molecule has 0 saturated carbocycles. The molecule has 0 spiro atoms. The number of hydrogen-bond donors (Lipinski definition) is 1. The van der Waals surface area contributed by atoms with Gasteiger partial charge < -0.3 is 0 Å². The molecule has 2 heterocycles. The van der Waals surface area contributed by atoms with Crippen molar-refractivity contribution < 1.29 is 0 Å². The molecule has 0 amide bonds. The Hall–Kier alpha value is -2.20. The molecule has 94 valence electrons. The highest BCUT2D eigenvalue weighted by Gasteiger charge is 2.08. The van der Waals surface area contributed by atoms with Gasteiger partial charge in [-0.15, -0.1) is 0 Å². The first kappa shape index (κ1) is 11.9. The molecule has 0 unspecified atom stereocenters. The fourth-order valence-electron chi connectivity index (χ4n) is 2.02. The van der Waals surface area contributed by atoms with E-state index in [4.69, 9.17) is 11.6 Å². The Labute approximate surface area is 114 Å². The first-order chi connectivity index (χ1) is 9.24. The fraction of sp³-hybridized carbons (Fsp3) is 0.0714. The molecule has 19 heavy (non-hydrogen) atoms. The Kier molecular flexibility index (Phi) is 3.01. The highest BCUT2D eigenvalue weighted by Crippen LogP contribution is 2.20. The monoisotopic (exact) mass is 271 g/mol. The molecule has 2 aromatic heterocycles. The molecule has 5 heteroatoms. The van der Waals surface area contributed by atoms with E-state index in [1.807, 2.05) is 12.1 Å². The first-order valence-electron chi connectivity index (χ1n) is 5.80. The van der Waals surface area contributed by atoms with Gasteiger partial charge in [-0.1, -0.05) is 17.7 Å². The van der Waals surface area contributed by atoms with Crippen molar-refractivity contribution in [2.45, 2.75) is 6.42 Å². The molecule has 0 fully saturated rings. The van der Waals surface area contributed by atoms with E-state index in [0.29, 0.717) is 16.8 Å². The maximum Gasteiger partial charge on any atom is 0.272 e. The molecular formula is C14H10ClN3O. The lowest BCUT2D eigenvalue weighted by atomic mass is 10.1. The zero-order valence-corrected chi connectivity index (χ0v) is 10.7. The summed E-state index contributed by atoms with van der Waals surface area (Å²) in [5, 5.41) is 8.60. The third kappa shape index (κ3) is 2.35. The Bertz CT molecular complexity index is 784. The van der Waals surface area contributed by atoms with E-state index in [0.717, 1.165) is 16.6 Å². The average Bonchev–Trinajstić information content (AvgIpc) is 2.43. The molecule has 0 aliphatic carbocycles. The van der Waals surface area contributed by atoms with Crippen LogP contribution in [0.3, 0.4) is 0 Å². The molecule has 1 aromatic carbocycles. The summed E-state index contributed by atoms with van der Waals surface area (Å²) in [5.41, 5.74) is 1.61. The summed E-state index contributed by atoms with van der Waals surface area (Å²) < 4.78 is 0. The summed E-state index contributed by atoms with van der Waals surface area (Å²) in [6.07, 6.45) is 4.10. The van der Waals surface area contributed by atoms with E-state index in [2.05, 4.69) is 15.2 Å². The van der Waals surface area contributed by atoms with Gasteiger partial charge in [0.1, 0.15) is 0 Å². The number of nitrogens with one attached hydrogen (secondary N) is 1. The predicted molar refractivity (Wildman–Crippen MR) is 74.4 cm³/mol. The second-order valence-corrected chi connectivity index (χ2v) is 4.66. The second-order valence-electron chi connectivity index (χ2n) is 4.23. The van der Waals surface area contributed by atoms with Gasteiger partial charge in [-0.2, -0.15) is 5.10 Å². The zero-order valence-electron chi connectivity index (χ0n) is 9.93. The second kappa shape index (κ2) is 4.82. The highest BCUT2D eigenvalue weighted by molar-refractivity contribution is 6.31. The largest absolute Gasteiger partial charge is 0.272 e. The van der Waals surface area contributed by atoms with E-state index in [1.165, 1.54) is 0 Å². The van der Waals surface area contributed by atoms with Crippen LogP contribution in [0.25, 0.3) is 10.8 Å². The zero-order chi connectivity index (χ0) is 13.2. The van der Waals surface area contributed by atoms with Crippen LogP contribution in [0, 0.1) is 0 Å². The summed E-state index contributed by atoms with van der Waals surface area (Å²) in [5.74, 6) is 0. The van der Waals surface area contributed by atoms with Crippen LogP contribution in [0.15, 0.2) is 47.5 Å². The van der Waals surface area contributed by atoms with E-state index in [-0.39, 0.29) is 5.56 Å². The molecule has 0 aliphatic rings. The maximum atomic E-state index is 11.7. The minimum absolute atomic E-state index is 0.207. The highest BCUT2D eigenvalue weighted by atomic mass is 35.5. The summed E-state index contributed by atoms with van der Waals surface area (Å²) in [6.45, 7) is 0. The number of rotatable bonds is 2. The number of nitrogens with zero attached hydrogens (tertiary/aromatic N) is 2. The Morgan fingerprint density at radius 2 is 2.11 bits per heavy atom. The van der Waals surface area contributed by atoms with E-state index in [1.54, 1.807) is 30.6 Å². The lowest BCUT2D eigenvalue weighted by Gasteiger charge is -2.05. The van der Waals surface area contributed by atoms with Crippen LogP contribution in [0.4, 0.5) is 0 Å². The van der Waals surface area contributed by atoms with Crippen LogP contribution >= 0.6 is 11.6 Å². The first-order valence-corrected chi connectivity index (χ1v) is 6.17. The third-order valence-electron chi connectivity index (χ3n) is 2.92. The van der Waals surface area contributed by atoms with Crippen molar-refractivity contribution in [1.82, 2.24) is 15.2 Å². The van der Waals surface area contributed by atoms with Gasteiger partial charge in [0.25, 0.3) is 5.56 Å². The van der Waals surface area contributed by atoms with Crippen molar-refractivity contribution in [1.29, 1.82) is 0 Å². The van der Waals surface area contributed by atoms with Gasteiger partial charge in [-0.25, -0.2) is 5.10 Å². The van der Waals surface area contributed by atoms with Crippen LogP contribution in [0.1, 0.15) is 11.3 Å². The van der Waals surface area contributed by atoms with Crippen LogP contribution in [-0.4, -0.2) is 15.2 Å². The van der Waals surface area contributed by atoms with Crippen molar-refractivity contribution in [3.63, 3.8) is 0 Å². The molecule has 0 radical (unpaired) electrons. The van der Waals surface area contributed by atoms with Crippen LogP contribution in [-0.2, 0) is 6.42 Å². The van der Waals surface area contributed by atoms with Gasteiger partial charge >= 0.3 is 0 Å².